The molecule has 2 aromatic carbocycles. The minimum absolute atomic E-state index is 0.111. The third kappa shape index (κ3) is 6.09. The molecule has 1 unspecified atom stereocenters. The molecule has 0 fully saturated rings. The van der Waals surface area contributed by atoms with Gasteiger partial charge in [0.05, 0.1) is 0 Å². The van der Waals surface area contributed by atoms with Gasteiger partial charge in [-0.3, -0.25) is 14.4 Å². The summed E-state index contributed by atoms with van der Waals surface area (Å²) < 4.78 is 0. The van der Waals surface area contributed by atoms with Gasteiger partial charge in [0, 0.05) is 29.4 Å². The van der Waals surface area contributed by atoms with E-state index in [9.17, 15) is 14.4 Å². The van der Waals surface area contributed by atoms with E-state index in [1.54, 1.807) is 48.5 Å². The molecule has 0 radical (unpaired) electrons. The number of benzene rings is 2. The molecule has 0 saturated heterocycles. The highest BCUT2D eigenvalue weighted by Crippen LogP contribution is 2.13. The van der Waals surface area contributed by atoms with Gasteiger partial charge in [-0.05, 0) is 61.4 Å². The predicted octanol–water partition coefficient (Wildman–Crippen LogP) is 3.27. The number of hydrogen-bond donors (Lipinski definition) is 3. The monoisotopic (exact) mass is 379 g/mol. The van der Waals surface area contributed by atoms with E-state index < -0.39 is 0 Å². The largest absolute Gasteiger partial charge is 0.350 e. The van der Waals surface area contributed by atoms with E-state index in [-0.39, 0.29) is 23.8 Å². The fourth-order valence-corrected chi connectivity index (χ4v) is 2.35. The van der Waals surface area contributed by atoms with E-state index in [0.29, 0.717) is 23.4 Å². The van der Waals surface area contributed by atoms with Crippen molar-refractivity contribution in [1.82, 2.24) is 10.6 Å². The van der Waals surface area contributed by atoms with E-state index >= 15 is 0 Å². The first kappa shape index (κ1) is 20.9. The molecule has 0 aliphatic rings. The first-order valence-corrected chi connectivity index (χ1v) is 9.14. The van der Waals surface area contributed by atoms with Crippen LogP contribution in [-0.4, -0.2) is 23.8 Å². The van der Waals surface area contributed by atoms with Crippen LogP contribution < -0.4 is 16.0 Å². The van der Waals surface area contributed by atoms with Gasteiger partial charge in [0.15, 0.2) is 0 Å². The normalized spacial score (nSPS) is 11.2. The average Bonchev–Trinajstić information content (AvgIpc) is 2.72. The van der Waals surface area contributed by atoms with Crippen molar-refractivity contribution in [3.8, 4) is 0 Å². The van der Waals surface area contributed by atoms with E-state index in [4.69, 9.17) is 0 Å². The highest BCUT2D eigenvalue weighted by molar-refractivity contribution is 6.04. The van der Waals surface area contributed by atoms with E-state index in [0.717, 1.165) is 12.0 Å². The zero-order valence-electron chi connectivity index (χ0n) is 16.1. The summed E-state index contributed by atoms with van der Waals surface area (Å²) in [6.07, 6.45) is 2.07. The summed E-state index contributed by atoms with van der Waals surface area (Å²) in [7, 11) is 0. The first-order valence-electron chi connectivity index (χ1n) is 9.14. The lowest BCUT2D eigenvalue weighted by atomic mass is 10.1. The molecule has 2 aromatic rings. The van der Waals surface area contributed by atoms with Crippen LogP contribution in [0.2, 0.25) is 0 Å². The summed E-state index contributed by atoms with van der Waals surface area (Å²) in [6.45, 7) is 7.72. The molecule has 0 aromatic heterocycles. The number of rotatable bonds is 8. The van der Waals surface area contributed by atoms with Gasteiger partial charge in [-0.1, -0.05) is 25.6 Å². The molecular formula is C22H25N3O3. The van der Waals surface area contributed by atoms with Crippen LogP contribution in [0.1, 0.15) is 46.5 Å². The summed E-state index contributed by atoms with van der Waals surface area (Å²) in [5.41, 5.74) is 2.53. The predicted molar refractivity (Wildman–Crippen MR) is 110 cm³/mol. The molecule has 0 spiro atoms. The molecule has 3 amide bonds. The fraction of sp³-hybridized carbons (Fsp3) is 0.227. The number of anilines is 1. The van der Waals surface area contributed by atoms with Crippen LogP contribution >= 0.6 is 0 Å². The number of amides is 3. The van der Waals surface area contributed by atoms with Crippen LogP contribution in [0.25, 0.3) is 0 Å². The maximum Gasteiger partial charge on any atom is 0.255 e. The van der Waals surface area contributed by atoms with Crippen LogP contribution in [-0.2, 0) is 11.3 Å². The standard InChI is InChI=1S/C22H25N3O3/c1-4-15(3)24-21(27)18-10-12-19(13-11-18)25-22(28)17-8-6-16(7-9-17)14-23-20(26)5-2/h5-13,15H,2,4,14H2,1,3H3,(H,23,26)(H,24,27)(H,25,28). The van der Waals surface area contributed by atoms with Crippen LogP contribution in [0, 0.1) is 0 Å². The van der Waals surface area contributed by atoms with Gasteiger partial charge in [0.2, 0.25) is 5.91 Å². The van der Waals surface area contributed by atoms with Crippen molar-refractivity contribution in [2.24, 2.45) is 0 Å². The lowest BCUT2D eigenvalue weighted by molar-refractivity contribution is -0.116. The highest BCUT2D eigenvalue weighted by atomic mass is 16.2. The second kappa shape index (κ2) is 10.1. The Morgan fingerprint density at radius 2 is 1.54 bits per heavy atom. The molecule has 2 rings (SSSR count). The Kier molecular flexibility index (Phi) is 7.51. The van der Waals surface area contributed by atoms with Crippen LogP contribution in [0.5, 0.6) is 0 Å². The molecule has 146 valence electrons. The molecule has 1 atom stereocenters. The smallest absolute Gasteiger partial charge is 0.255 e. The van der Waals surface area contributed by atoms with Gasteiger partial charge in [-0.2, -0.15) is 0 Å². The van der Waals surface area contributed by atoms with Crippen molar-refractivity contribution in [3.05, 3.63) is 77.9 Å². The first-order chi connectivity index (χ1) is 13.4. The molecule has 28 heavy (non-hydrogen) atoms. The second-order valence-electron chi connectivity index (χ2n) is 6.43. The summed E-state index contributed by atoms with van der Waals surface area (Å²) in [5, 5.41) is 8.38. The van der Waals surface area contributed by atoms with Gasteiger partial charge < -0.3 is 16.0 Å². The Bertz CT molecular complexity index is 842. The van der Waals surface area contributed by atoms with Gasteiger partial charge >= 0.3 is 0 Å². The molecule has 0 aliphatic heterocycles. The van der Waals surface area contributed by atoms with Crippen molar-refractivity contribution in [2.45, 2.75) is 32.9 Å². The Morgan fingerprint density at radius 1 is 0.964 bits per heavy atom. The molecule has 6 nitrogen and oxygen atoms in total. The molecule has 0 heterocycles. The SMILES string of the molecule is C=CC(=O)NCc1ccc(C(=O)Nc2ccc(C(=O)NC(C)CC)cc2)cc1. The molecule has 3 N–H and O–H groups in total. The summed E-state index contributed by atoms with van der Waals surface area (Å²) in [4.78, 5) is 35.6. The Balaban J connectivity index is 1.94. The quantitative estimate of drug-likeness (QED) is 0.615. The van der Waals surface area contributed by atoms with E-state index in [1.165, 1.54) is 6.08 Å². The zero-order valence-corrected chi connectivity index (χ0v) is 16.1. The Hall–Kier alpha value is -3.41. The molecule has 6 heteroatoms. The average molecular weight is 379 g/mol. The summed E-state index contributed by atoms with van der Waals surface area (Å²) in [5.74, 6) is -0.632. The van der Waals surface area contributed by atoms with Crippen LogP contribution in [0.4, 0.5) is 5.69 Å². The van der Waals surface area contributed by atoms with Crippen molar-refractivity contribution in [3.63, 3.8) is 0 Å². The van der Waals surface area contributed by atoms with Gasteiger partial charge in [0.25, 0.3) is 11.8 Å². The summed E-state index contributed by atoms with van der Waals surface area (Å²) >= 11 is 0. The third-order valence-electron chi connectivity index (χ3n) is 4.26. The highest BCUT2D eigenvalue weighted by Gasteiger charge is 2.10. The lowest BCUT2D eigenvalue weighted by Crippen LogP contribution is -2.31. The minimum Gasteiger partial charge on any atom is -0.350 e. The van der Waals surface area contributed by atoms with Crippen LogP contribution in [0.15, 0.2) is 61.2 Å². The number of carbonyl (C=O) groups excluding carboxylic acids is 3. The van der Waals surface area contributed by atoms with Crippen molar-refractivity contribution in [1.29, 1.82) is 0 Å². The van der Waals surface area contributed by atoms with Crippen LogP contribution in [0.3, 0.4) is 0 Å². The fourth-order valence-electron chi connectivity index (χ4n) is 2.35. The van der Waals surface area contributed by atoms with E-state index in [1.807, 2.05) is 13.8 Å². The van der Waals surface area contributed by atoms with Crippen molar-refractivity contribution >= 4 is 23.4 Å². The maximum atomic E-state index is 12.4. The van der Waals surface area contributed by atoms with Gasteiger partial charge in [0.1, 0.15) is 0 Å². The van der Waals surface area contributed by atoms with Crippen molar-refractivity contribution < 1.29 is 14.4 Å². The summed E-state index contributed by atoms with van der Waals surface area (Å²) in [6, 6.07) is 13.8. The number of carbonyl (C=O) groups is 3. The molecular weight excluding hydrogens is 354 g/mol. The minimum atomic E-state index is -0.251. The third-order valence-corrected chi connectivity index (χ3v) is 4.26. The van der Waals surface area contributed by atoms with Crippen molar-refractivity contribution in [2.75, 3.05) is 5.32 Å². The van der Waals surface area contributed by atoms with E-state index in [2.05, 4.69) is 22.5 Å². The number of hydrogen-bond acceptors (Lipinski definition) is 3. The molecule has 0 saturated carbocycles. The Labute approximate surface area is 165 Å². The number of nitrogens with one attached hydrogen (secondary N) is 3. The lowest BCUT2D eigenvalue weighted by Gasteiger charge is -2.12. The maximum absolute atomic E-state index is 12.4. The Morgan fingerprint density at radius 3 is 2.11 bits per heavy atom. The second-order valence-corrected chi connectivity index (χ2v) is 6.43. The molecule has 0 aliphatic carbocycles. The topological polar surface area (TPSA) is 87.3 Å². The molecule has 0 bridgehead atoms. The zero-order chi connectivity index (χ0) is 20.5. The van der Waals surface area contributed by atoms with Gasteiger partial charge in [-0.25, -0.2) is 0 Å². The van der Waals surface area contributed by atoms with Gasteiger partial charge in [-0.15, -0.1) is 0 Å².